The summed E-state index contributed by atoms with van der Waals surface area (Å²) in [5.41, 5.74) is 2.14. The Morgan fingerprint density at radius 3 is 2.80 bits per heavy atom. The monoisotopic (exact) mass is 276 g/mol. The Morgan fingerprint density at radius 1 is 1.25 bits per heavy atom. The van der Waals surface area contributed by atoms with Gasteiger partial charge in [0.25, 0.3) is 0 Å². The third kappa shape index (κ3) is 3.31. The normalized spacial score (nSPS) is 11.2. The molecule has 0 saturated heterocycles. The Bertz CT molecular complexity index is 549. The molecule has 0 atom stereocenters. The van der Waals surface area contributed by atoms with E-state index >= 15 is 0 Å². The molecule has 0 unspecified atom stereocenters. The predicted molar refractivity (Wildman–Crippen MR) is 81.2 cm³/mol. The average Bonchev–Trinajstić information content (AvgIpc) is 2.82. The van der Waals surface area contributed by atoms with Crippen LogP contribution >= 0.6 is 0 Å². The number of nitrogens with zero attached hydrogens (tertiary/aromatic N) is 2. The highest BCUT2D eigenvalue weighted by molar-refractivity contribution is 5.77. The molecule has 2 aromatic rings. The van der Waals surface area contributed by atoms with Crippen molar-refractivity contribution in [1.29, 1.82) is 0 Å². The first-order valence-corrected chi connectivity index (χ1v) is 7.44. The van der Waals surface area contributed by atoms with Crippen molar-refractivity contribution >= 4 is 11.0 Å². The van der Waals surface area contributed by atoms with Gasteiger partial charge < -0.3 is 14.4 Å². The minimum absolute atomic E-state index is 0.210. The van der Waals surface area contributed by atoms with E-state index in [4.69, 9.17) is 14.8 Å². The van der Waals surface area contributed by atoms with Gasteiger partial charge in [0, 0.05) is 25.6 Å². The maximum absolute atomic E-state index is 9.03. The molecular formula is C16H24N2O2. The molecule has 0 aliphatic rings. The SMILES string of the molecule is CCCCCn1c(CCCO)nc2cc(OC)ccc21. The first-order chi connectivity index (χ1) is 9.80. The maximum atomic E-state index is 9.03. The highest BCUT2D eigenvalue weighted by atomic mass is 16.5. The molecule has 0 bridgehead atoms. The standard InChI is InChI=1S/C16H24N2O2/c1-3-4-5-10-18-15-9-8-13(20-2)12-14(15)17-16(18)7-6-11-19/h8-9,12,19H,3-7,10-11H2,1-2H3. The number of ether oxygens (including phenoxy) is 1. The van der Waals surface area contributed by atoms with E-state index in [0.29, 0.717) is 0 Å². The van der Waals surface area contributed by atoms with Gasteiger partial charge in [-0.3, -0.25) is 0 Å². The second-order valence-corrected chi connectivity index (χ2v) is 5.07. The van der Waals surface area contributed by atoms with Gasteiger partial charge in [0.2, 0.25) is 0 Å². The van der Waals surface area contributed by atoms with Gasteiger partial charge in [-0.15, -0.1) is 0 Å². The molecular weight excluding hydrogens is 252 g/mol. The number of aliphatic hydroxyl groups is 1. The van der Waals surface area contributed by atoms with E-state index < -0.39 is 0 Å². The Balaban J connectivity index is 2.32. The Kier molecular flexibility index (Phi) is 5.41. The summed E-state index contributed by atoms with van der Waals surface area (Å²) in [5.74, 6) is 1.91. The lowest BCUT2D eigenvalue weighted by Crippen LogP contribution is -2.05. The van der Waals surface area contributed by atoms with Gasteiger partial charge in [-0.1, -0.05) is 19.8 Å². The van der Waals surface area contributed by atoms with E-state index in [1.54, 1.807) is 7.11 Å². The zero-order valence-electron chi connectivity index (χ0n) is 12.4. The topological polar surface area (TPSA) is 47.3 Å². The van der Waals surface area contributed by atoms with Crippen LogP contribution in [0.25, 0.3) is 11.0 Å². The van der Waals surface area contributed by atoms with Crippen molar-refractivity contribution in [1.82, 2.24) is 9.55 Å². The molecule has 0 aliphatic heterocycles. The molecule has 0 radical (unpaired) electrons. The minimum atomic E-state index is 0.210. The van der Waals surface area contributed by atoms with E-state index in [2.05, 4.69) is 17.6 Å². The summed E-state index contributed by atoms with van der Waals surface area (Å²) in [7, 11) is 1.67. The van der Waals surface area contributed by atoms with Gasteiger partial charge in [-0.05, 0) is 25.0 Å². The molecule has 1 aromatic heterocycles. The molecule has 0 aliphatic carbocycles. The molecule has 0 spiro atoms. The summed E-state index contributed by atoms with van der Waals surface area (Å²) >= 11 is 0. The zero-order valence-corrected chi connectivity index (χ0v) is 12.4. The number of aliphatic hydroxyl groups excluding tert-OH is 1. The summed E-state index contributed by atoms with van der Waals surface area (Å²) in [6.45, 7) is 3.42. The molecule has 0 saturated carbocycles. The second-order valence-electron chi connectivity index (χ2n) is 5.07. The lowest BCUT2D eigenvalue weighted by atomic mass is 10.2. The van der Waals surface area contributed by atoms with Crippen molar-refractivity contribution < 1.29 is 9.84 Å². The van der Waals surface area contributed by atoms with Crippen LogP contribution in [0.2, 0.25) is 0 Å². The molecule has 4 heteroatoms. The van der Waals surface area contributed by atoms with Crippen molar-refractivity contribution in [3.63, 3.8) is 0 Å². The van der Waals surface area contributed by atoms with Gasteiger partial charge in [-0.2, -0.15) is 0 Å². The first-order valence-electron chi connectivity index (χ1n) is 7.44. The van der Waals surface area contributed by atoms with Crippen LogP contribution < -0.4 is 4.74 Å². The van der Waals surface area contributed by atoms with Crippen LogP contribution in [0.3, 0.4) is 0 Å². The molecule has 1 aromatic carbocycles. The van der Waals surface area contributed by atoms with Crippen LogP contribution in [0.4, 0.5) is 0 Å². The second kappa shape index (κ2) is 7.29. The van der Waals surface area contributed by atoms with E-state index in [-0.39, 0.29) is 6.61 Å². The third-order valence-electron chi connectivity index (χ3n) is 3.58. The third-order valence-corrected chi connectivity index (χ3v) is 3.58. The van der Waals surface area contributed by atoms with Crippen LogP contribution in [0, 0.1) is 0 Å². The number of imidazole rings is 1. The maximum Gasteiger partial charge on any atom is 0.121 e. The highest BCUT2D eigenvalue weighted by Crippen LogP contribution is 2.23. The summed E-state index contributed by atoms with van der Waals surface area (Å²) < 4.78 is 7.55. The summed E-state index contributed by atoms with van der Waals surface area (Å²) in [6, 6.07) is 6.04. The van der Waals surface area contributed by atoms with Gasteiger partial charge in [0.05, 0.1) is 18.1 Å². The predicted octanol–water partition coefficient (Wildman–Crippen LogP) is 3.16. The Hall–Kier alpha value is -1.55. The first kappa shape index (κ1) is 14.9. The van der Waals surface area contributed by atoms with Gasteiger partial charge in [-0.25, -0.2) is 4.98 Å². The van der Waals surface area contributed by atoms with Crippen LogP contribution in [0.5, 0.6) is 5.75 Å². The van der Waals surface area contributed by atoms with Gasteiger partial charge in [0.1, 0.15) is 11.6 Å². The molecule has 20 heavy (non-hydrogen) atoms. The number of unbranched alkanes of at least 4 members (excludes halogenated alkanes) is 2. The number of benzene rings is 1. The van der Waals surface area contributed by atoms with Crippen molar-refractivity contribution in [2.75, 3.05) is 13.7 Å². The fraction of sp³-hybridized carbons (Fsp3) is 0.562. The number of aromatic nitrogens is 2. The molecule has 1 heterocycles. The van der Waals surface area contributed by atoms with Gasteiger partial charge >= 0.3 is 0 Å². The van der Waals surface area contributed by atoms with Crippen molar-refractivity contribution in [3.8, 4) is 5.75 Å². The van der Waals surface area contributed by atoms with Crippen molar-refractivity contribution in [2.24, 2.45) is 0 Å². The van der Waals surface area contributed by atoms with E-state index in [9.17, 15) is 0 Å². The lowest BCUT2D eigenvalue weighted by molar-refractivity contribution is 0.287. The van der Waals surface area contributed by atoms with Gasteiger partial charge in [0.15, 0.2) is 0 Å². The lowest BCUT2D eigenvalue weighted by Gasteiger charge is -2.08. The average molecular weight is 276 g/mol. The fourth-order valence-electron chi connectivity index (χ4n) is 2.48. The quantitative estimate of drug-likeness (QED) is 0.753. The molecule has 4 nitrogen and oxygen atoms in total. The summed E-state index contributed by atoms with van der Waals surface area (Å²) in [5, 5.41) is 9.03. The number of hydrogen-bond acceptors (Lipinski definition) is 3. The van der Waals surface area contributed by atoms with Crippen LogP contribution in [0.1, 0.15) is 38.4 Å². The molecule has 0 amide bonds. The number of hydrogen-bond donors (Lipinski definition) is 1. The molecule has 2 rings (SSSR count). The smallest absolute Gasteiger partial charge is 0.121 e. The molecule has 1 N–H and O–H groups in total. The van der Waals surface area contributed by atoms with Crippen LogP contribution in [-0.2, 0) is 13.0 Å². The summed E-state index contributed by atoms with van der Waals surface area (Å²) in [4.78, 5) is 4.71. The number of fused-ring (bicyclic) bond motifs is 1. The fourth-order valence-corrected chi connectivity index (χ4v) is 2.48. The molecule has 110 valence electrons. The zero-order chi connectivity index (χ0) is 14.4. The molecule has 0 fully saturated rings. The van der Waals surface area contributed by atoms with E-state index in [1.807, 2.05) is 12.1 Å². The van der Waals surface area contributed by atoms with Crippen LogP contribution in [-0.4, -0.2) is 28.4 Å². The largest absolute Gasteiger partial charge is 0.497 e. The highest BCUT2D eigenvalue weighted by Gasteiger charge is 2.11. The Labute approximate surface area is 120 Å². The van der Waals surface area contributed by atoms with E-state index in [1.165, 1.54) is 19.3 Å². The minimum Gasteiger partial charge on any atom is -0.497 e. The summed E-state index contributed by atoms with van der Waals surface area (Å²) in [6.07, 6.45) is 5.19. The number of aryl methyl sites for hydroxylation is 2. The van der Waals surface area contributed by atoms with Crippen molar-refractivity contribution in [3.05, 3.63) is 24.0 Å². The number of rotatable bonds is 8. The Morgan fingerprint density at radius 2 is 2.10 bits per heavy atom. The van der Waals surface area contributed by atoms with Crippen LogP contribution in [0.15, 0.2) is 18.2 Å². The van der Waals surface area contributed by atoms with E-state index in [0.717, 1.165) is 42.0 Å². The number of methoxy groups -OCH3 is 1. The van der Waals surface area contributed by atoms with Crippen molar-refractivity contribution in [2.45, 2.75) is 45.6 Å².